The van der Waals surface area contributed by atoms with Crippen LogP contribution in [0.1, 0.15) is 88.8 Å². The molecule has 1 aliphatic carbocycles. The molecule has 0 spiro atoms. The summed E-state index contributed by atoms with van der Waals surface area (Å²) >= 11 is 0. The van der Waals surface area contributed by atoms with Crippen molar-refractivity contribution in [1.29, 1.82) is 0 Å². The third kappa shape index (κ3) is 8.72. The predicted octanol–water partition coefficient (Wildman–Crippen LogP) is 8.30. The number of carbonyl (C=O) groups is 2. The minimum Gasteiger partial charge on any atom is -0.508 e. The number of fused-ring (bicyclic) bond motifs is 1. The molecule has 2 aliphatic rings. The monoisotopic (exact) mass is 694 g/mol. The van der Waals surface area contributed by atoms with E-state index in [-0.39, 0.29) is 23.7 Å². The first-order valence-corrected chi connectivity index (χ1v) is 18.4. The van der Waals surface area contributed by atoms with Crippen molar-refractivity contribution in [2.24, 2.45) is 0 Å². The SMILES string of the molecule is O=C1CCC(c2cccc(OCc3ccc(CNCCCCOc4ccc([C@H]5c6ccc(O)cc6CC[C@H]5c5ccccc5)cc4)cc3)c2)C(=O)N1. The van der Waals surface area contributed by atoms with Crippen molar-refractivity contribution < 1.29 is 24.2 Å². The number of aryl methyl sites for hydroxylation is 1. The summed E-state index contributed by atoms with van der Waals surface area (Å²) < 4.78 is 12.1. The Labute approximate surface area is 306 Å². The number of aromatic hydroxyl groups is 1. The van der Waals surface area contributed by atoms with Gasteiger partial charge in [-0.1, -0.05) is 84.9 Å². The molecule has 1 unspecified atom stereocenters. The molecule has 2 amide bonds. The Hall–Kier alpha value is -5.40. The van der Waals surface area contributed by atoms with E-state index in [1.54, 1.807) is 0 Å². The van der Waals surface area contributed by atoms with E-state index in [1.807, 2.05) is 36.4 Å². The zero-order valence-electron chi connectivity index (χ0n) is 29.4. The molecule has 52 heavy (non-hydrogen) atoms. The zero-order chi connectivity index (χ0) is 35.7. The highest BCUT2D eigenvalue weighted by atomic mass is 16.5. The normalized spacial score (nSPS) is 18.3. The number of phenols is 1. The molecule has 5 aromatic carbocycles. The Morgan fingerprint density at radius 3 is 2.29 bits per heavy atom. The summed E-state index contributed by atoms with van der Waals surface area (Å²) in [7, 11) is 0. The van der Waals surface area contributed by atoms with Gasteiger partial charge in [0, 0.05) is 18.9 Å². The van der Waals surface area contributed by atoms with E-state index in [0.29, 0.717) is 43.5 Å². The predicted molar refractivity (Wildman–Crippen MR) is 203 cm³/mol. The Bertz CT molecular complexity index is 1960. The van der Waals surface area contributed by atoms with Crippen LogP contribution in [0.5, 0.6) is 17.2 Å². The van der Waals surface area contributed by atoms with Crippen LogP contribution in [0.3, 0.4) is 0 Å². The molecule has 1 saturated heterocycles. The summed E-state index contributed by atoms with van der Waals surface area (Å²) in [6.45, 7) is 2.81. The van der Waals surface area contributed by atoms with Gasteiger partial charge in [0.05, 0.1) is 12.5 Å². The van der Waals surface area contributed by atoms with Gasteiger partial charge >= 0.3 is 0 Å². The van der Waals surface area contributed by atoms with Crippen LogP contribution < -0.4 is 20.1 Å². The van der Waals surface area contributed by atoms with Gasteiger partial charge in [-0.25, -0.2) is 0 Å². The minimum absolute atomic E-state index is 0.209. The standard InChI is InChI=1S/C45H46N2O5/c48-37-18-22-41-36(27-37)17-21-40(33-7-2-1-3-8-33)44(41)34-15-19-38(20-16-34)51-26-5-4-25-46-29-31-11-13-32(14-12-31)30-52-39-10-6-9-35(28-39)42-23-24-43(49)47-45(42)50/h1-3,6-16,18-20,22,27-28,40,42,44,46,48H,4-5,17,21,23-26,29-30H2,(H,47,49,50)/t40-,42?,44+/m0/s1. The lowest BCUT2D eigenvalue weighted by Gasteiger charge is -2.34. The fraction of sp³-hybridized carbons (Fsp3) is 0.289. The Morgan fingerprint density at radius 1 is 0.692 bits per heavy atom. The average molecular weight is 695 g/mol. The van der Waals surface area contributed by atoms with Gasteiger partial charge in [0.25, 0.3) is 0 Å². The molecule has 0 radical (unpaired) electrons. The van der Waals surface area contributed by atoms with Gasteiger partial charge in [-0.15, -0.1) is 0 Å². The fourth-order valence-electron chi connectivity index (χ4n) is 7.58. The summed E-state index contributed by atoms with van der Waals surface area (Å²) in [6, 6.07) is 41.2. The van der Waals surface area contributed by atoms with E-state index in [9.17, 15) is 14.7 Å². The highest BCUT2D eigenvalue weighted by Crippen LogP contribution is 2.47. The summed E-state index contributed by atoms with van der Waals surface area (Å²) in [5, 5.41) is 16.1. The molecule has 1 aliphatic heterocycles. The van der Waals surface area contributed by atoms with Crippen LogP contribution in [-0.4, -0.2) is 30.1 Å². The fourth-order valence-corrected chi connectivity index (χ4v) is 7.58. The topological polar surface area (TPSA) is 96.9 Å². The molecular formula is C45H46N2O5. The first-order chi connectivity index (χ1) is 25.5. The number of amides is 2. The zero-order valence-corrected chi connectivity index (χ0v) is 29.4. The Morgan fingerprint density at radius 2 is 1.48 bits per heavy atom. The Kier molecular flexibility index (Phi) is 11.3. The second-order valence-corrected chi connectivity index (χ2v) is 13.9. The number of rotatable bonds is 14. The van der Waals surface area contributed by atoms with E-state index < -0.39 is 0 Å². The lowest BCUT2D eigenvalue weighted by molar-refractivity contribution is -0.134. The summed E-state index contributed by atoms with van der Waals surface area (Å²) in [5.74, 6) is 1.77. The number of carbonyl (C=O) groups excluding carboxylic acids is 2. The molecule has 3 N–H and O–H groups in total. The van der Waals surface area contributed by atoms with Crippen molar-refractivity contribution in [2.75, 3.05) is 13.2 Å². The van der Waals surface area contributed by atoms with E-state index in [0.717, 1.165) is 55.6 Å². The maximum atomic E-state index is 12.3. The van der Waals surface area contributed by atoms with Gasteiger partial charge in [0.1, 0.15) is 23.9 Å². The third-order valence-corrected chi connectivity index (χ3v) is 10.3. The Balaban J connectivity index is 0.826. The summed E-state index contributed by atoms with van der Waals surface area (Å²) in [5.41, 5.74) is 8.32. The molecule has 0 saturated carbocycles. The molecule has 266 valence electrons. The van der Waals surface area contributed by atoms with Crippen LogP contribution in [-0.2, 0) is 29.2 Å². The molecule has 5 aromatic rings. The molecule has 1 heterocycles. The smallest absolute Gasteiger partial charge is 0.234 e. The van der Waals surface area contributed by atoms with Crippen molar-refractivity contribution in [3.8, 4) is 17.2 Å². The number of piperidine rings is 1. The van der Waals surface area contributed by atoms with Crippen molar-refractivity contribution in [2.45, 2.75) is 69.4 Å². The molecular weight excluding hydrogens is 649 g/mol. The van der Waals surface area contributed by atoms with Gasteiger partial charge in [0.15, 0.2) is 0 Å². The number of nitrogens with one attached hydrogen (secondary N) is 2. The molecule has 0 bridgehead atoms. The second kappa shape index (κ2) is 16.7. The van der Waals surface area contributed by atoms with E-state index >= 15 is 0 Å². The van der Waals surface area contributed by atoms with Crippen LogP contribution in [0.25, 0.3) is 0 Å². The van der Waals surface area contributed by atoms with Crippen LogP contribution in [0.4, 0.5) is 0 Å². The quantitative estimate of drug-likeness (QED) is 0.0800. The van der Waals surface area contributed by atoms with Crippen LogP contribution in [0.15, 0.2) is 121 Å². The average Bonchev–Trinajstić information content (AvgIpc) is 3.17. The summed E-state index contributed by atoms with van der Waals surface area (Å²) in [4.78, 5) is 23.8. The van der Waals surface area contributed by atoms with Crippen molar-refractivity contribution in [3.63, 3.8) is 0 Å². The first kappa shape index (κ1) is 35.0. The van der Waals surface area contributed by atoms with E-state index in [4.69, 9.17) is 9.47 Å². The highest BCUT2D eigenvalue weighted by Gasteiger charge is 2.32. The number of benzene rings is 5. The summed E-state index contributed by atoms with van der Waals surface area (Å²) in [6.07, 6.45) is 4.87. The first-order valence-electron chi connectivity index (χ1n) is 18.4. The molecule has 7 rings (SSSR count). The molecule has 7 nitrogen and oxygen atoms in total. The maximum absolute atomic E-state index is 12.3. The van der Waals surface area contributed by atoms with Gasteiger partial charge in [-0.2, -0.15) is 0 Å². The lowest BCUT2D eigenvalue weighted by Crippen LogP contribution is -2.39. The van der Waals surface area contributed by atoms with Gasteiger partial charge < -0.3 is 19.9 Å². The molecule has 3 atom stereocenters. The van der Waals surface area contributed by atoms with Crippen LogP contribution in [0.2, 0.25) is 0 Å². The van der Waals surface area contributed by atoms with Crippen LogP contribution >= 0.6 is 0 Å². The third-order valence-electron chi connectivity index (χ3n) is 10.3. The second-order valence-electron chi connectivity index (χ2n) is 13.9. The number of ether oxygens (including phenoxy) is 2. The van der Waals surface area contributed by atoms with Gasteiger partial charge in [-0.3, -0.25) is 14.9 Å². The molecule has 1 fully saturated rings. The van der Waals surface area contributed by atoms with Gasteiger partial charge in [-0.05, 0) is 120 Å². The number of hydrogen-bond acceptors (Lipinski definition) is 6. The van der Waals surface area contributed by atoms with Crippen molar-refractivity contribution >= 4 is 11.8 Å². The van der Waals surface area contributed by atoms with Crippen molar-refractivity contribution in [3.05, 3.63) is 160 Å². The van der Waals surface area contributed by atoms with E-state index in [2.05, 4.69) is 95.6 Å². The molecule has 0 aromatic heterocycles. The van der Waals surface area contributed by atoms with Gasteiger partial charge in [0.2, 0.25) is 11.8 Å². The lowest BCUT2D eigenvalue weighted by atomic mass is 9.69. The number of imide groups is 1. The molecule has 7 heteroatoms. The minimum atomic E-state index is -0.323. The number of unbranched alkanes of at least 4 members (excludes halogenated alkanes) is 1. The van der Waals surface area contributed by atoms with Crippen molar-refractivity contribution in [1.82, 2.24) is 10.6 Å². The largest absolute Gasteiger partial charge is 0.508 e. The highest BCUT2D eigenvalue weighted by molar-refractivity contribution is 6.00. The number of phenolic OH excluding ortho intramolecular Hbond substituents is 1. The van der Waals surface area contributed by atoms with Crippen LogP contribution in [0, 0.1) is 0 Å². The maximum Gasteiger partial charge on any atom is 0.234 e. The number of hydrogen-bond donors (Lipinski definition) is 3. The van der Waals surface area contributed by atoms with E-state index in [1.165, 1.54) is 27.8 Å².